The Bertz CT molecular complexity index is 753. The van der Waals surface area contributed by atoms with Crippen LogP contribution in [-0.2, 0) is 11.3 Å². The molecule has 0 bridgehead atoms. The Kier molecular flexibility index (Phi) is 4.16. The molecule has 134 valence electrons. The average molecular weight is 346 g/mol. The van der Waals surface area contributed by atoms with E-state index in [4.69, 9.17) is 9.26 Å². The molecule has 9 nitrogen and oxygen atoms in total. The minimum absolute atomic E-state index is 0.0562. The van der Waals surface area contributed by atoms with Gasteiger partial charge in [0.25, 0.3) is 0 Å². The molecule has 2 fully saturated rings. The molecule has 2 aromatic rings. The summed E-state index contributed by atoms with van der Waals surface area (Å²) in [5.74, 6) is 2.38. The first-order valence-corrected chi connectivity index (χ1v) is 8.56. The fourth-order valence-corrected chi connectivity index (χ4v) is 3.19. The molecule has 2 amide bonds. The molecule has 9 heteroatoms. The second kappa shape index (κ2) is 6.47. The SMILES string of the molecule is CO[C@@H]1C[C@H](c2nc(C)no2)N(C(=O)Nc2ccnn2CC2CC2)C1. The number of amides is 2. The highest BCUT2D eigenvalue weighted by atomic mass is 16.5. The van der Waals surface area contributed by atoms with E-state index in [2.05, 4.69) is 20.6 Å². The zero-order valence-corrected chi connectivity index (χ0v) is 14.4. The molecule has 4 rings (SSSR count). The second-order valence-corrected chi connectivity index (χ2v) is 6.71. The Hall–Kier alpha value is -2.42. The van der Waals surface area contributed by atoms with Gasteiger partial charge in [-0.1, -0.05) is 5.16 Å². The van der Waals surface area contributed by atoms with Crippen molar-refractivity contribution in [2.45, 2.75) is 44.9 Å². The lowest BCUT2D eigenvalue weighted by atomic mass is 10.2. The van der Waals surface area contributed by atoms with Gasteiger partial charge < -0.3 is 14.2 Å². The van der Waals surface area contributed by atoms with E-state index in [1.54, 1.807) is 25.1 Å². The summed E-state index contributed by atoms with van der Waals surface area (Å²) >= 11 is 0. The highest BCUT2D eigenvalue weighted by molar-refractivity contribution is 5.88. The van der Waals surface area contributed by atoms with Crippen molar-refractivity contribution in [2.24, 2.45) is 5.92 Å². The topological polar surface area (TPSA) is 98.3 Å². The number of aromatic nitrogens is 4. The van der Waals surface area contributed by atoms with Crippen LogP contribution in [0.5, 0.6) is 0 Å². The van der Waals surface area contributed by atoms with E-state index in [1.165, 1.54) is 12.8 Å². The number of nitrogens with one attached hydrogen (secondary N) is 1. The maximum absolute atomic E-state index is 12.8. The monoisotopic (exact) mass is 346 g/mol. The number of nitrogens with zero attached hydrogens (tertiary/aromatic N) is 5. The van der Waals surface area contributed by atoms with Crippen molar-refractivity contribution in [1.82, 2.24) is 24.8 Å². The van der Waals surface area contributed by atoms with Gasteiger partial charge in [0.15, 0.2) is 5.82 Å². The minimum atomic E-state index is -0.286. The van der Waals surface area contributed by atoms with E-state index in [9.17, 15) is 4.79 Å². The second-order valence-electron chi connectivity index (χ2n) is 6.71. The number of hydrogen-bond acceptors (Lipinski definition) is 6. The molecule has 1 N–H and O–H groups in total. The third kappa shape index (κ3) is 3.37. The number of likely N-dealkylation sites (tertiary alicyclic amines) is 1. The molecule has 0 spiro atoms. The molecular weight excluding hydrogens is 324 g/mol. The van der Waals surface area contributed by atoms with Crippen LogP contribution in [0.15, 0.2) is 16.8 Å². The molecular formula is C16H22N6O3. The average Bonchev–Trinajstić information content (AvgIpc) is 2.99. The van der Waals surface area contributed by atoms with Crippen molar-refractivity contribution in [3.63, 3.8) is 0 Å². The van der Waals surface area contributed by atoms with Crippen LogP contribution >= 0.6 is 0 Å². The quantitative estimate of drug-likeness (QED) is 0.889. The van der Waals surface area contributed by atoms with E-state index in [0.717, 1.165) is 6.54 Å². The molecule has 2 aliphatic rings. The first-order valence-electron chi connectivity index (χ1n) is 8.56. The molecule has 1 saturated heterocycles. The summed E-state index contributed by atoms with van der Waals surface area (Å²) in [7, 11) is 1.65. The number of hydrogen-bond donors (Lipinski definition) is 1. The van der Waals surface area contributed by atoms with Gasteiger partial charge in [0.1, 0.15) is 11.9 Å². The summed E-state index contributed by atoms with van der Waals surface area (Å²) in [6.45, 7) is 3.08. The first kappa shape index (κ1) is 16.1. The van der Waals surface area contributed by atoms with Crippen molar-refractivity contribution in [3.8, 4) is 0 Å². The van der Waals surface area contributed by atoms with Crippen LogP contribution in [0.25, 0.3) is 0 Å². The number of urea groups is 1. The van der Waals surface area contributed by atoms with Gasteiger partial charge in [-0.2, -0.15) is 10.1 Å². The largest absolute Gasteiger partial charge is 0.380 e. The number of carbonyl (C=O) groups excluding carboxylic acids is 1. The van der Waals surface area contributed by atoms with Gasteiger partial charge in [0, 0.05) is 32.7 Å². The van der Waals surface area contributed by atoms with Crippen LogP contribution in [0.1, 0.15) is 37.0 Å². The predicted molar refractivity (Wildman–Crippen MR) is 87.9 cm³/mol. The van der Waals surface area contributed by atoms with Gasteiger partial charge >= 0.3 is 6.03 Å². The van der Waals surface area contributed by atoms with Crippen LogP contribution in [0, 0.1) is 12.8 Å². The maximum Gasteiger partial charge on any atom is 0.323 e. The highest BCUT2D eigenvalue weighted by Gasteiger charge is 2.40. The van der Waals surface area contributed by atoms with Gasteiger partial charge in [-0.25, -0.2) is 9.48 Å². The van der Waals surface area contributed by atoms with Crippen molar-refractivity contribution in [1.29, 1.82) is 0 Å². The predicted octanol–water partition coefficient (Wildman–Crippen LogP) is 1.98. The molecule has 0 aromatic carbocycles. The van der Waals surface area contributed by atoms with Gasteiger partial charge in [-0.3, -0.25) is 5.32 Å². The number of carbonyl (C=O) groups is 1. The summed E-state index contributed by atoms with van der Waals surface area (Å²) in [6, 6.07) is 1.32. The lowest BCUT2D eigenvalue weighted by Crippen LogP contribution is -2.36. The van der Waals surface area contributed by atoms with Crippen molar-refractivity contribution < 1.29 is 14.1 Å². The molecule has 1 aliphatic carbocycles. The number of rotatable bonds is 5. The highest BCUT2D eigenvalue weighted by Crippen LogP contribution is 2.34. The van der Waals surface area contributed by atoms with Crippen LogP contribution < -0.4 is 5.32 Å². The minimum Gasteiger partial charge on any atom is -0.380 e. The van der Waals surface area contributed by atoms with Gasteiger partial charge in [-0.05, 0) is 25.7 Å². The normalized spacial score (nSPS) is 23.2. The fraction of sp³-hybridized carbons (Fsp3) is 0.625. The van der Waals surface area contributed by atoms with E-state index in [-0.39, 0.29) is 18.2 Å². The van der Waals surface area contributed by atoms with Crippen LogP contribution in [0.4, 0.5) is 10.6 Å². The van der Waals surface area contributed by atoms with E-state index in [1.807, 2.05) is 10.7 Å². The van der Waals surface area contributed by atoms with Crippen molar-refractivity contribution in [2.75, 3.05) is 19.0 Å². The molecule has 0 unspecified atom stereocenters. The summed E-state index contributed by atoms with van der Waals surface area (Å²) in [6.07, 6.45) is 4.74. The standard InChI is InChI=1S/C16H22N6O3/c1-10-18-15(25-20-10)13-7-12(24-2)9-21(13)16(23)19-14-5-6-17-22(14)8-11-3-4-11/h5-6,11-13H,3-4,7-9H2,1-2H3,(H,19,23)/t12-,13-/m1/s1. The Morgan fingerprint density at radius 1 is 1.48 bits per heavy atom. The van der Waals surface area contributed by atoms with Crippen LogP contribution in [0.3, 0.4) is 0 Å². The Morgan fingerprint density at radius 3 is 3.00 bits per heavy atom. The molecule has 25 heavy (non-hydrogen) atoms. The lowest BCUT2D eigenvalue weighted by Gasteiger charge is -2.22. The molecule has 2 atom stereocenters. The number of anilines is 1. The zero-order valence-electron chi connectivity index (χ0n) is 14.4. The first-order chi connectivity index (χ1) is 12.1. The maximum atomic E-state index is 12.8. The number of methoxy groups -OCH3 is 1. The third-order valence-corrected chi connectivity index (χ3v) is 4.76. The molecule has 2 aromatic heterocycles. The summed E-state index contributed by atoms with van der Waals surface area (Å²) < 4.78 is 12.6. The van der Waals surface area contributed by atoms with Gasteiger partial charge in [0.05, 0.1) is 12.3 Å². The Balaban J connectivity index is 1.50. The molecule has 1 aliphatic heterocycles. The fourth-order valence-electron chi connectivity index (χ4n) is 3.19. The van der Waals surface area contributed by atoms with E-state index in [0.29, 0.717) is 36.4 Å². The Labute approximate surface area is 145 Å². The number of ether oxygens (including phenoxy) is 1. The summed E-state index contributed by atoms with van der Waals surface area (Å²) in [5.41, 5.74) is 0. The third-order valence-electron chi connectivity index (χ3n) is 4.76. The van der Waals surface area contributed by atoms with E-state index >= 15 is 0 Å². The smallest absolute Gasteiger partial charge is 0.323 e. The zero-order chi connectivity index (χ0) is 17.4. The van der Waals surface area contributed by atoms with Crippen molar-refractivity contribution >= 4 is 11.8 Å². The van der Waals surface area contributed by atoms with Gasteiger partial charge in [-0.15, -0.1) is 0 Å². The molecule has 0 radical (unpaired) electrons. The molecule has 1 saturated carbocycles. The lowest BCUT2D eigenvalue weighted by molar-refractivity contribution is 0.111. The van der Waals surface area contributed by atoms with Crippen LogP contribution in [0.2, 0.25) is 0 Å². The van der Waals surface area contributed by atoms with Crippen molar-refractivity contribution in [3.05, 3.63) is 24.0 Å². The summed E-state index contributed by atoms with van der Waals surface area (Å²) in [5, 5.41) is 11.1. The van der Waals surface area contributed by atoms with Crippen LogP contribution in [-0.4, -0.2) is 50.6 Å². The Morgan fingerprint density at radius 2 is 2.32 bits per heavy atom. The van der Waals surface area contributed by atoms with Gasteiger partial charge in [0.2, 0.25) is 5.89 Å². The molecule has 3 heterocycles. The number of aryl methyl sites for hydroxylation is 1. The van der Waals surface area contributed by atoms with E-state index < -0.39 is 0 Å². The summed E-state index contributed by atoms with van der Waals surface area (Å²) in [4.78, 5) is 18.8.